The van der Waals surface area contributed by atoms with Gasteiger partial charge in [0.15, 0.2) is 0 Å². The van der Waals surface area contributed by atoms with Gasteiger partial charge in [-0.25, -0.2) is 0 Å². The summed E-state index contributed by atoms with van der Waals surface area (Å²) in [5.74, 6) is -0.141. The number of anilines is 1. The van der Waals surface area contributed by atoms with Crippen LogP contribution in [0.5, 0.6) is 0 Å². The fourth-order valence-electron chi connectivity index (χ4n) is 2.50. The molecule has 1 unspecified atom stereocenters. The van der Waals surface area contributed by atoms with Crippen molar-refractivity contribution in [3.8, 4) is 0 Å². The summed E-state index contributed by atoms with van der Waals surface area (Å²) < 4.78 is 0. The molecule has 5 heteroatoms. The molecule has 1 amide bonds. The van der Waals surface area contributed by atoms with E-state index in [1.54, 1.807) is 23.1 Å². The van der Waals surface area contributed by atoms with Gasteiger partial charge in [0, 0.05) is 6.54 Å². The van der Waals surface area contributed by atoms with Gasteiger partial charge in [0.2, 0.25) is 0 Å². The molecular weight excluding hydrogens is 264 g/mol. The second kappa shape index (κ2) is 6.26. The molecule has 0 bridgehead atoms. The van der Waals surface area contributed by atoms with Crippen LogP contribution in [0, 0.1) is 0 Å². The zero-order valence-corrected chi connectivity index (χ0v) is 11.6. The van der Waals surface area contributed by atoms with Crippen molar-refractivity contribution in [2.75, 3.05) is 18.9 Å². The molecule has 1 heterocycles. The highest BCUT2D eigenvalue weighted by Crippen LogP contribution is 2.26. The zero-order chi connectivity index (χ0) is 13.8. The molecule has 3 N–H and O–H groups in total. The maximum absolute atomic E-state index is 12.6. The number of hydrogen-bond donors (Lipinski definition) is 2. The van der Waals surface area contributed by atoms with Crippen LogP contribution < -0.4 is 5.73 Å². The van der Waals surface area contributed by atoms with Gasteiger partial charge in [0.1, 0.15) is 0 Å². The van der Waals surface area contributed by atoms with E-state index < -0.39 is 0 Å². The molecule has 0 spiro atoms. The first-order chi connectivity index (χ1) is 9.15. The normalized spacial score (nSPS) is 20.1. The fourth-order valence-corrected chi connectivity index (χ4v) is 2.71. The summed E-state index contributed by atoms with van der Waals surface area (Å²) in [6, 6.07) is 4.96. The SMILES string of the molecule is Nc1cccc(C(=O)N2CCCCCC2CO)c1Cl. The van der Waals surface area contributed by atoms with Crippen molar-refractivity contribution in [2.24, 2.45) is 0 Å². The molecule has 1 fully saturated rings. The summed E-state index contributed by atoms with van der Waals surface area (Å²) in [6.07, 6.45) is 3.93. The molecule has 1 aromatic carbocycles. The molecule has 4 nitrogen and oxygen atoms in total. The highest BCUT2D eigenvalue weighted by atomic mass is 35.5. The minimum Gasteiger partial charge on any atom is -0.398 e. The number of benzene rings is 1. The van der Waals surface area contributed by atoms with Gasteiger partial charge in [0.25, 0.3) is 5.91 Å². The van der Waals surface area contributed by atoms with Gasteiger partial charge in [-0.3, -0.25) is 4.79 Å². The van der Waals surface area contributed by atoms with Crippen LogP contribution in [0.1, 0.15) is 36.0 Å². The molecule has 19 heavy (non-hydrogen) atoms. The number of aliphatic hydroxyl groups is 1. The average Bonchev–Trinajstić information content (AvgIpc) is 2.66. The third-order valence-corrected chi connectivity index (χ3v) is 4.03. The van der Waals surface area contributed by atoms with Gasteiger partial charge in [-0.1, -0.05) is 30.5 Å². The third kappa shape index (κ3) is 3.01. The number of likely N-dealkylation sites (tertiary alicyclic amines) is 1. The Balaban J connectivity index is 2.28. The predicted octanol–water partition coefficient (Wildman–Crippen LogP) is 2.30. The molecule has 0 aliphatic carbocycles. The molecule has 0 aromatic heterocycles. The molecule has 1 aliphatic rings. The molecular formula is C14H19ClN2O2. The Bertz CT molecular complexity index is 465. The van der Waals surface area contributed by atoms with Gasteiger partial charge >= 0.3 is 0 Å². The Morgan fingerprint density at radius 3 is 2.95 bits per heavy atom. The maximum Gasteiger partial charge on any atom is 0.255 e. The Morgan fingerprint density at radius 1 is 1.42 bits per heavy atom. The Labute approximate surface area is 118 Å². The Hall–Kier alpha value is -1.26. The number of carbonyl (C=O) groups is 1. The van der Waals surface area contributed by atoms with E-state index in [-0.39, 0.29) is 18.6 Å². The Morgan fingerprint density at radius 2 is 2.21 bits per heavy atom. The summed E-state index contributed by atoms with van der Waals surface area (Å²) in [4.78, 5) is 14.3. The highest BCUT2D eigenvalue weighted by Gasteiger charge is 2.27. The quantitative estimate of drug-likeness (QED) is 0.818. The van der Waals surface area contributed by atoms with E-state index in [0.717, 1.165) is 25.7 Å². The minimum absolute atomic E-state index is 0.00826. The fraction of sp³-hybridized carbons (Fsp3) is 0.500. The number of halogens is 1. The van der Waals surface area contributed by atoms with Crippen molar-refractivity contribution >= 4 is 23.2 Å². The van der Waals surface area contributed by atoms with Crippen LogP contribution in [0.3, 0.4) is 0 Å². The number of hydrogen-bond acceptors (Lipinski definition) is 3. The number of nitrogen functional groups attached to an aromatic ring is 1. The third-order valence-electron chi connectivity index (χ3n) is 3.61. The monoisotopic (exact) mass is 282 g/mol. The largest absolute Gasteiger partial charge is 0.398 e. The van der Waals surface area contributed by atoms with Gasteiger partial charge in [0.05, 0.1) is 28.9 Å². The molecule has 104 valence electrons. The average molecular weight is 283 g/mol. The lowest BCUT2D eigenvalue weighted by Crippen LogP contribution is -2.42. The van der Waals surface area contributed by atoms with Crippen LogP contribution >= 0.6 is 11.6 Å². The number of carbonyl (C=O) groups excluding carboxylic acids is 1. The summed E-state index contributed by atoms with van der Waals surface area (Å²) in [7, 11) is 0. The smallest absolute Gasteiger partial charge is 0.255 e. The van der Waals surface area contributed by atoms with E-state index in [9.17, 15) is 9.90 Å². The predicted molar refractivity (Wildman–Crippen MR) is 76.2 cm³/mol. The molecule has 1 atom stereocenters. The molecule has 0 saturated carbocycles. The van der Waals surface area contributed by atoms with Gasteiger partial charge in [-0.05, 0) is 25.0 Å². The van der Waals surface area contributed by atoms with E-state index in [1.807, 2.05) is 0 Å². The van der Waals surface area contributed by atoms with Crippen molar-refractivity contribution in [1.82, 2.24) is 4.90 Å². The van der Waals surface area contributed by atoms with Gasteiger partial charge in [-0.2, -0.15) is 0 Å². The lowest BCUT2D eigenvalue weighted by molar-refractivity contribution is 0.0600. The van der Waals surface area contributed by atoms with Gasteiger partial charge in [-0.15, -0.1) is 0 Å². The van der Waals surface area contributed by atoms with E-state index in [1.165, 1.54) is 0 Å². The van der Waals surface area contributed by atoms with Crippen LogP contribution in [0.4, 0.5) is 5.69 Å². The van der Waals surface area contributed by atoms with Crippen LogP contribution in [-0.4, -0.2) is 35.1 Å². The lowest BCUT2D eigenvalue weighted by atomic mass is 10.1. The first-order valence-electron chi connectivity index (χ1n) is 6.61. The minimum atomic E-state index is -0.141. The summed E-state index contributed by atoms with van der Waals surface area (Å²) in [6.45, 7) is 0.654. The summed E-state index contributed by atoms with van der Waals surface area (Å²) in [5.41, 5.74) is 6.56. The Kier molecular flexibility index (Phi) is 4.66. The number of aliphatic hydroxyl groups excluding tert-OH is 1. The standard InChI is InChI=1S/C14H19ClN2O2/c15-13-11(6-4-7-12(13)16)14(19)17-8-3-1-2-5-10(17)9-18/h4,6-7,10,18H,1-3,5,8-9,16H2. The summed E-state index contributed by atoms with van der Waals surface area (Å²) in [5, 5.41) is 9.75. The van der Waals surface area contributed by atoms with E-state index in [4.69, 9.17) is 17.3 Å². The van der Waals surface area contributed by atoms with Crippen LogP contribution in [0.15, 0.2) is 18.2 Å². The topological polar surface area (TPSA) is 66.6 Å². The molecule has 1 aliphatic heterocycles. The van der Waals surface area contributed by atoms with Crippen LogP contribution in [0.2, 0.25) is 5.02 Å². The lowest BCUT2D eigenvalue weighted by Gasteiger charge is -2.29. The zero-order valence-electron chi connectivity index (χ0n) is 10.8. The molecule has 2 rings (SSSR count). The van der Waals surface area contributed by atoms with Crippen LogP contribution in [-0.2, 0) is 0 Å². The maximum atomic E-state index is 12.6. The van der Waals surface area contributed by atoms with Crippen molar-refractivity contribution in [1.29, 1.82) is 0 Å². The molecule has 1 saturated heterocycles. The van der Waals surface area contributed by atoms with Crippen LogP contribution in [0.25, 0.3) is 0 Å². The van der Waals surface area contributed by atoms with E-state index >= 15 is 0 Å². The van der Waals surface area contributed by atoms with E-state index in [0.29, 0.717) is 22.8 Å². The number of nitrogens with zero attached hydrogens (tertiary/aromatic N) is 1. The van der Waals surface area contributed by atoms with Crippen molar-refractivity contribution in [2.45, 2.75) is 31.7 Å². The number of nitrogens with two attached hydrogens (primary N) is 1. The second-order valence-electron chi connectivity index (χ2n) is 4.89. The van der Waals surface area contributed by atoms with E-state index in [2.05, 4.69) is 0 Å². The van der Waals surface area contributed by atoms with Crippen molar-refractivity contribution in [3.63, 3.8) is 0 Å². The van der Waals surface area contributed by atoms with Crippen molar-refractivity contribution < 1.29 is 9.90 Å². The first kappa shape index (κ1) is 14.2. The van der Waals surface area contributed by atoms with Crippen molar-refractivity contribution in [3.05, 3.63) is 28.8 Å². The number of amides is 1. The van der Waals surface area contributed by atoms with Gasteiger partial charge < -0.3 is 15.7 Å². The second-order valence-corrected chi connectivity index (χ2v) is 5.27. The first-order valence-corrected chi connectivity index (χ1v) is 6.98. The molecule has 0 radical (unpaired) electrons. The molecule has 1 aromatic rings. The summed E-state index contributed by atoms with van der Waals surface area (Å²) >= 11 is 6.10. The number of rotatable bonds is 2. The highest BCUT2D eigenvalue weighted by molar-refractivity contribution is 6.36.